The molecule has 0 bridgehead atoms. The number of hydrogen-bond acceptors (Lipinski definition) is 2. The lowest BCUT2D eigenvalue weighted by Crippen LogP contribution is -2.34. The van der Waals surface area contributed by atoms with E-state index >= 15 is 0 Å². The summed E-state index contributed by atoms with van der Waals surface area (Å²) in [7, 11) is 0. The van der Waals surface area contributed by atoms with E-state index in [4.69, 9.17) is 4.74 Å². The lowest BCUT2D eigenvalue weighted by Gasteiger charge is -2.25. The van der Waals surface area contributed by atoms with Crippen molar-refractivity contribution in [3.05, 3.63) is 0 Å². The lowest BCUT2D eigenvalue weighted by molar-refractivity contribution is 0.0920. The summed E-state index contributed by atoms with van der Waals surface area (Å²) in [5.41, 5.74) is 0.447. The summed E-state index contributed by atoms with van der Waals surface area (Å²) in [5.74, 6) is 0. The molecule has 0 amide bonds. The van der Waals surface area contributed by atoms with Crippen LogP contribution in [0.15, 0.2) is 0 Å². The van der Waals surface area contributed by atoms with Gasteiger partial charge in [0.05, 0.1) is 6.10 Å². The highest BCUT2D eigenvalue weighted by Crippen LogP contribution is 2.25. The van der Waals surface area contributed by atoms with Crippen molar-refractivity contribution in [3.8, 4) is 0 Å². The van der Waals surface area contributed by atoms with Crippen LogP contribution in [0.1, 0.15) is 66.2 Å². The Morgan fingerprint density at radius 3 is 2.65 bits per heavy atom. The number of hydrogen-bond donors (Lipinski definition) is 1. The Hall–Kier alpha value is -0.0800. The van der Waals surface area contributed by atoms with Gasteiger partial charge >= 0.3 is 0 Å². The zero-order chi connectivity index (χ0) is 12.7. The second kappa shape index (κ2) is 7.38. The maximum Gasteiger partial charge on any atom is 0.0590 e. The number of nitrogens with one attached hydrogen (secondary N) is 1. The summed E-state index contributed by atoms with van der Waals surface area (Å²) >= 11 is 0. The Morgan fingerprint density at radius 1 is 1.35 bits per heavy atom. The van der Waals surface area contributed by atoms with Gasteiger partial charge in [0, 0.05) is 12.6 Å². The summed E-state index contributed by atoms with van der Waals surface area (Å²) in [6, 6.07) is 0.650. The second-order valence-corrected chi connectivity index (χ2v) is 6.62. The number of rotatable bonds is 7. The van der Waals surface area contributed by atoms with Gasteiger partial charge in [-0.15, -0.1) is 0 Å². The molecule has 1 saturated heterocycles. The fourth-order valence-corrected chi connectivity index (χ4v) is 2.41. The van der Waals surface area contributed by atoms with Crippen molar-refractivity contribution in [1.29, 1.82) is 0 Å². The van der Waals surface area contributed by atoms with Gasteiger partial charge in [0.1, 0.15) is 0 Å². The third-order valence-electron chi connectivity index (χ3n) is 3.50. The van der Waals surface area contributed by atoms with Gasteiger partial charge in [-0.25, -0.2) is 0 Å². The minimum atomic E-state index is 0.447. The number of ether oxygens (including phenoxy) is 1. The molecule has 1 rings (SSSR count). The largest absolute Gasteiger partial charge is 0.378 e. The van der Waals surface area contributed by atoms with Crippen LogP contribution < -0.4 is 5.32 Å². The molecule has 0 aromatic carbocycles. The first-order valence-electron chi connectivity index (χ1n) is 7.36. The minimum absolute atomic E-state index is 0.447. The molecule has 0 aliphatic carbocycles. The van der Waals surface area contributed by atoms with Crippen molar-refractivity contribution in [3.63, 3.8) is 0 Å². The maximum atomic E-state index is 5.76. The SMILES string of the molecule is CCCNC(CCC(C)(C)C)CC1CCCO1. The average molecular weight is 241 g/mol. The quantitative estimate of drug-likeness (QED) is 0.733. The molecule has 102 valence electrons. The van der Waals surface area contributed by atoms with Crippen LogP contribution in [-0.4, -0.2) is 25.3 Å². The zero-order valence-electron chi connectivity index (χ0n) is 12.2. The predicted octanol–water partition coefficient (Wildman–Crippen LogP) is 3.75. The molecule has 0 aromatic rings. The smallest absolute Gasteiger partial charge is 0.0590 e. The van der Waals surface area contributed by atoms with Crippen molar-refractivity contribution >= 4 is 0 Å². The third kappa shape index (κ3) is 7.05. The highest BCUT2D eigenvalue weighted by Gasteiger charge is 2.22. The van der Waals surface area contributed by atoms with Gasteiger partial charge < -0.3 is 10.1 Å². The van der Waals surface area contributed by atoms with Gasteiger partial charge in [0.25, 0.3) is 0 Å². The Kier molecular flexibility index (Phi) is 6.50. The Labute approximate surface area is 108 Å². The van der Waals surface area contributed by atoms with E-state index in [1.165, 1.54) is 38.5 Å². The molecule has 2 nitrogen and oxygen atoms in total. The molecule has 0 aromatic heterocycles. The summed E-state index contributed by atoms with van der Waals surface area (Å²) < 4.78 is 5.76. The van der Waals surface area contributed by atoms with Crippen molar-refractivity contribution in [1.82, 2.24) is 5.32 Å². The van der Waals surface area contributed by atoms with E-state index in [0.717, 1.165) is 13.2 Å². The first-order valence-corrected chi connectivity index (χ1v) is 7.36. The third-order valence-corrected chi connectivity index (χ3v) is 3.50. The summed E-state index contributed by atoms with van der Waals surface area (Å²) in [5, 5.41) is 3.69. The molecule has 1 N–H and O–H groups in total. The van der Waals surface area contributed by atoms with Crippen molar-refractivity contribution in [2.75, 3.05) is 13.2 Å². The van der Waals surface area contributed by atoms with Crippen LogP contribution in [0.25, 0.3) is 0 Å². The van der Waals surface area contributed by atoms with Crippen molar-refractivity contribution in [2.45, 2.75) is 78.4 Å². The maximum absolute atomic E-state index is 5.76. The van der Waals surface area contributed by atoms with Crippen LogP contribution in [0.5, 0.6) is 0 Å². The topological polar surface area (TPSA) is 21.3 Å². The Morgan fingerprint density at radius 2 is 2.12 bits per heavy atom. The van der Waals surface area contributed by atoms with E-state index in [-0.39, 0.29) is 0 Å². The molecule has 0 spiro atoms. The van der Waals surface area contributed by atoms with Crippen LogP contribution in [0.3, 0.4) is 0 Å². The molecule has 1 aliphatic rings. The zero-order valence-corrected chi connectivity index (χ0v) is 12.2. The molecule has 2 heteroatoms. The fourth-order valence-electron chi connectivity index (χ4n) is 2.41. The van der Waals surface area contributed by atoms with E-state index in [2.05, 4.69) is 33.0 Å². The van der Waals surface area contributed by atoms with Crippen LogP contribution in [-0.2, 0) is 4.74 Å². The molecule has 2 atom stereocenters. The van der Waals surface area contributed by atoms with E-state index in [0.29, 0.717) is 17.6 Å². The molecular formula is C15H31NO. The standard InChI is InChI=1S/C15H31NO/c1-5-10-16-13(8-9-15(2,3)4)12-14-7-6-11-17-14/h13-14,16H,5-12H2,1-4H3. The van der Waals surface area contributed by atoms with Crippen LogP contribution in [0, 0.1) is 5.41 Å². The molecule has 1 fully saturated rings. The van der Waals surface area contributed by atoms with Crippen LogP contribution in [0.4, 0.5) is 0 Å². The predicted molar refractivity (Wildman–Crippen MR) is 74.4 cm³/mol. The van der Waals surface area contributed by atoms with Crippen molar-refractivity contribution in [2.24, 2.45) is 5.41 Å². The van der Waals surface area contributed by atoms with E-state index in [9.17, 15) is 0 Å². The van der Waals surface area contributed by atoms with Gasteiger partial charge in [-0.2, -0.15) is 0 Å². The molecule has 2 unspecified atom stereocenters. The fraction of sp³-hybridized carbons (Fsp3) is 1.00. The van der Waals surface area contributed by atoms with Gasteiger partial charge in [-0.1, -0.05) is 27.7 Å². The molecular weight excluding hydrogens is 210 g/mol. The first-order chi connectivity index (χ1) is 8.01. The molecule has 0 saturated carbocycles. The molecule has 0 radical (unpaired) electrons. The van der Waals surface area contributed by atoms with Gasteiger partial charge in [-0.3, -0.25) is 0 Å². The Bertz CT molecular complexity index is 192. The molecule has 1 aliphatic heterocycles. The summed E-state index contributed by atoms with van der Waals surface area (Å²) in [6.45, 7) is 11.3. The monoisotopic (exact) mass is 241 g/mol. The average Bonchev–Trinajstić information content (AvgIpc) is 2.73. The molecule has 17 heavy (non-hydrogen) atoms. The summed E-state index contributed by atoms with van der Waals surface area (Å²) in [4.78, 5) is 0. The highest BCUT2D eigenvalue weighted by molar-refractivity contribution is 4.77. The van der Waals surface area contributed by atoms with Gasteiger partial charge in [0.15, 0.2) is 0 Å². The van der Waals surface area contributed by atoms with E-state index in [1.54, 1.807) is 0 Å². The lowest BCUT2D eigenvalue weighted by atomic mass is 9.87. The Balaban J connectivity index is 2.30. The molecule has 1 heterocycles. The second-order valence-electron chi connectivity index (χ2n) is 6.62. The van der Waals surface area contributed by atoms with Crippen LogP contribution in [0.2, 0.25) is 0 Å². The van der Waals surface area contributed by atoms with E-state index in [1.807, 2.05) is 0 Å². The first kappa shape index (κ1) is 15.0. The summed E-state index contributed by atoms with van der Waals surface area (Å²) in [6.07, 6.45) is 8.03. The van der Waals surface area contributed by atoms with E-state index < -0.39 is 0 Å². The van der Waals surface area contributed by atoms with Crippen molar-refractivity contribution < 1.29 is 4.74 Å². The highest BCUT2D eigenvalue weighted by atomic mass is 16.5. The van der Waals surface area contributed by atoms with Gasteiger partial charge in [0.2, 0.25) is 0 Å². The minimum Gasteiger partial charge on any atom is -0.378 e. The van der Waals surface area contributed by atoms with Crippen LogP contribution >= 0.6 is 0 Å². The van der Waals surface area contributed by atoms with Gasteiger partial charge in [-0.05, 0) is 50.5 Å². The normalized spacial score (nSPS) is 22.9.